The summed E-state index contributed by atoms with van der Waals surface area (Å²) in [6.07, 6.45) is 6.52. The summed E-state index contributed by atoms with van der Waals surface area (Å²) in [5.74, 6) is 2.57. The molecule has 0 saturated heterocycles. The number of rotatable bonds is 4. The number of hydrogen-bond donors (Lipinski definition) is 2. The van der Waals surface area contributed by atoms with Gasteiger partial charge in [0.15, 0.2) is 5.60 Å². The van der Waals surface area contributed by atoms with Gasteiger partial charge in [-0.25, -0.2) is 0 Å². The van der Waals surface area contributed by atoms with Crippen LogP contribution in [0.25, 0.3) is 0 Å². The molecule has 0 aromatic rings. The van der Waals surface area contributed by atoms with Gasteiger partial charge in [0.25, 0.3) is 0 Å². The normalized spacial score (nSPS) is 45.6. The van der Waals surface area contributed by atoms with E-state index in [0.717, 1.165) is 45.4 Å². The van der Waals surface area contributed by atoms with Gasteiger partial charge < -0.3 is 15.7 Å². The molecule has 3 saturated carbocycles. The van der Waals surface area contributed by atoms with Gasteiger partial charge in [0.2, 0.25) is 0 Å². The number of halogens is 3. The third-order valence-corrected chi connectivity index (χ3v) is 10.8. The second kappa shape index (κ2) is 8.51. The van der Waals surface area contributed by atoms with Crippen LogP contribution in [0.1, 0.15) is 98.8 Å². The molecule has 0 aromatic carbocycles. The summed E-state index contributed by atoms with van der Waals surface area (Å²) in [6, 6.07) is 0. The molecular weight excluding hydrogens is 429 g/mol. The molecule has 0 radical (unpaired) electrons. The zero-order chi connectivity index (χ0) is 23.7. The van der Waals surface area contributed by atoms with Crippen LogP contribution in [-0.2, 0) is 0 Å². The number of hydrogen-bond acceptors (Lipinski definition) is 2. The van der Waals surface area contributed by atoms with Gasteiger partial charge in [-0.2, -0.15) is 13.2 Å². The van der Waals surface area contributed by atoms with Crippen molar-refractivity contribution in [2.75, 3.05) is 0 Å². The maximum atomic E-state index is 13.1. The van der Waals surface area contributed by atoms with E-state index in [1.54, 1.807) is 0 Å². The van der Waals surface area contributed by atoms with Crippen LogP contribution in [0.2, 0.25) is 0 Å². The minimum atomic E-state index is -4.57. The first-order valence-corrected chi connectivity index (χ1v) is 12.8. The molecule has 0 amide bonds. The molecule has 0 aromatic heterocycles. The van der Waals surface area contributed by atoms with E-state index in [9.17, 15) is 23.4 Å². The number of alkyl halides is 3. The Balaban J connectivity index is 0.00000306. The van der Waals surface area contributed by atoms with E-state index in [2.05, 4.69) is 26.8 Å². The summed E-state index contributed by atoms with van der Waals surface area (Å²) in [5, 5.41) is 20.6. The van der Waals surface area contributed by atoms with Crippen LogP contribution in [0, 0.1) is 40.4 Å². The zero-order valence-electron chi connectivity index (χ0n) is 21.1. The minimum Gasteiger partial charge on any atom is -0.412 e. The third kappa shape index (κ3) is 4.42. The lowest BCUT2D eigenvalue weighted by Crippen LogP contribution is -2.52. The van der Waals surface area contributed by atoms with Crippen LogP contribution >= 0.6 is 0 Å². The second-order valence-electron chi connectivity index (χ2n) is 12.9. The van der Waals surface area contributed by atoms with Gasteiger partial charge in [-0.05, 0) is 118 Å². The summed E-state index contributed by atoms with van der Waals surface area (Å²) >= 11 is 0. The van der Waals surface area contributed by atoms with Crippen molar-refractivity contribution in [1.82, 2.24) is 0 Å². The van der Waals surface area contributed by atoms with Gasteiger partial charge in [0.05, 0.1) is 5.60 Å². The van der Waals surface area contributed by atoms with Crippen molar-refractivity contribution in [2.24, 2.45) is 40.4 Å². The van der Waals surface area contributed by atoms with E-state index in [-0.39, 0.29) is 28.6 Å². The van der Waals surface area contributed by atoms with Crippen molar-refractivity contribution in [3.63, 3.8) is 0 Å². The predicted molar refractivity (Wildman–Crippen MR) is 125 cm³/mol. The molecular formula is C27H45F3O3. The molecule has 0 unspecified atom stereocenters. The Morgan fingerprint density at radius 3 is 2.36 bits per heavy atom. The maximum Gasteiger partial charge on any atom is 0.416 e. The molecule has 0 heterocycles. The van der Waals surface area contributed by atoms with E-state index >= 15 is 0 Å². The van der Waals surface area contributed by atoms with Crippen LogP contribution < -0.4 is 0 Å². The SMILES string of the molecule is C[C@H](CC[C@](C)(O)C(F)(F)F)[C@H]1CC[C@H]2[C@@H]3CC=C4C[C@@](C)(O)CC[C@]4(C)[C@H]3CC[C@]12C.O. The molecule has 4 rings (SSSR count). The van der Waals surface area contributed by atoms with E-state index in [1.165, 1.54) is 18.4 Å². The molecule has 192 valence electrons. The average molecular weight is 475 g/mol. The summed E-state index contributed by atoms with van der Waals surface area (Å²) in [7, 11) is 0. The molecule has 9 atom stereocenters. The van der Waals surface area contributed by atoms with Crippen molar-refractivity contribution in [3.05, 3.63) is 11.6 Å². The first kappa shape index (κ1) is 27.0. The summed E-state index contributed by atoms with van der Waals surface area (Å²) in [6.45, 7) is 9.84. The number of aliphatic hydroxyl groups is 2. The van der Waals surface area contributed by atoms with Crippen LogP contribution in [0.3, 0.4) is 0 Å². The Morgan fingerprint density at radius 1 is 1.06 bits per heavy atom. The lowest BCUT2D eigenvalue weighted by molar-refractivity contribution is -0.256. The van der Waals surface area contributed by atoms with E-state index < -0.39 is 17.4 Å². The van der Waals surface area contributed by atoms with Crippen LogP contribution in [0.5, 0.6) is 0 Å². The Bertz CT molecular complexity index is 758. The predicted octanol–water partition coefficient (Wildman–Crippen LogP) is 6.22. The molecule has 3 nitrogen and oxygen atoms in total. The smallest absolute Gasteiger partial charge is 0.412 e. The highest BCUT2D eigenvalue weighted by atomic mass is 19.4. The third-order valence-electron chi connectivity index (χ3n) is 10.8. The molecule has 4 N–H and O–H groups in total. The van der Waals surface area contributed by atoms with Crippen LogP contribution in [0.15, 0.2) is 11.6 Å². The largest absolute Gasteiger partial charge is 0.416 e. The molecule has 0 bridgehead atoms. The fourth-order valence-corrected chi connectivity index (χ4v) is 8.63. The maximum absolute atomic E-state index is 13.1. The van der Waals surface area contributed by atoms with Crippen molar-refractivity contribution >= 4 is 0 Å². The summed E-state index contributed by atoms with van der Waals surface area (Å²) < 4.78 is 39.4. The molecule has 0 spiro atoms. The highest BCUT2D eigenvalue weighted by Gasteiger charge is 2.60. The van der Waals surface area contributed by atoms with Gasteiger partial charge in [-0.1, -0.05) is 32.4 Å². The molecule has 6 heteroatoms. The van der Waals surface area contributed by atoms with Gasteiger partial charge in [0.1, 0.15) is 0 Å². The second-order valence-corrected chi connectivity index (χ2v) is 12.9. The molecule has 4 aliphatic rings. The Hall–Kier alpha value is -0.590. The molecule has 33 heavy (non-hydrogen) atoms. The number of allylic oxidation sites excluding steroid dienone is 1. The van der Waals surface area contributed by atoms with Crippen LogP contribution in [0.4, 0.5) is 13.2 Å². The fraction of sp³-hybridized carbons (Fsp3) is 0.926. The highest BCUT2D eigenvalue weighted by Crippen LogP contribution is 2.67. The van der Waals surface area contributed by atoms with Crippen molar-refractivity contribution in [3.8, 4) is 0 Å². The van der Waals surface area contributed by atoms with Gasteiger partial charge in [-0.15, -0.1) is 0 Å². The zero-order valence-corrected chi connectivity index (χ0v) is 21.1. The Morgan fingerprint density at radius 2 is 1.73 bits per heavy atom. The van der Waals surface area contributed by atoms with Crippen LogP contribution in [-0.4, -0.2) is 33.1 Å². The summed E-state index contributed by atoms with van der Waals surface area (Å²) in [4.78, 5) is 0. The van der Waals surface area contributed by atoms with E-state index in [4.69, 9.17) is 0 Å². The first-order chi connectivity index (χ1) is 14.6. The van der Waals surface area contributed by atoms with Gasteiger partial charge >= 0.3 is 6.18 Å². The standard InChI is InChI=1S/C27H43F3O2.H2O/c1-17(10-13-26(5,32)27(28,29)30)20-8-9-21-19-7-6-18-16-23(2,31)14-15-24(18,3)22(19)11-12-25(20,21)4;/h6,17,19-22,31-32H,7-16H2,1-5H3;1H2/t17-,19+,20-,21+,22+,23+,24+,25-,26+;/m1./s1. The fourth-order valence-electron chi connectivity index (χ4n) is 8.63. The topological polar surface area (TPSA) is 72.0 Å². The van der Waals surface area contributed by atoms with Crippen molar-refractivity contribution < 1.29 is 28.9 Å². The van der Waals surface area contributed by atoms with Crippen molar-refractivity contribution in [2.45, 2.75) is 116 Å². The number of fused-ring (bicyclic) bond motifs is 5. The minimum absolute atomic E-state index is 0. The Labute approximate surface area is 197 Å². The monoisotopic (exact) mass is 474 g/mol. The van der Waals surface area contributed by atoms with Gasteiger partial charge in [-0.3, -0.25) is 0 Å². The lowest BCUT2D eigenvalue weighted by Gasteiger charge is -2.59. The van der Waals surface area contributed by atoms with E-state index in [0.29, 0.717) is 30.1 Å². The molecule has 3 fully saturated rings. The van der Waals surface area contributed by atoms with Gasteiger partial charge in [0, 0.05) is 0 Å². The molecule has 4 aliphatic carbocycles. The molecule has 0 aliphatic heterocycles. The Kier molecular flexibility index (Phi) is 6.97. The first-order valence-electron chi connectivity index (χ1n) is 12.8. The average Bonchev–Trinajstić information content (AvgIpc) is 3.03. The van der Waals surface area contributed by atoms with Crippen molar-refractivity contribution in [1.29, 1.82) is 0 Å². The lowest BCUT2D eigenvalue weighted by atomic mass is 9.46. The quantitative estimate of drug-likeness (QED) is 0.475. The summed E-state index contributed by atoms with van der Waals surface area (Å²) in [5.41, 5.74) is -1.32. The van der Waals surface area contributed by atoms with E-state index in [1.807, 2.05) is 6.92 Å². The highest BCUT2D eigenvalue weighted by molar-refractivity contribution is 5.26.